The zero-order valence-corrected chi connectivity index (χ0v) is 18.2. The summed E-state index contributed by atoms with van der Waals surface area (Å²) in [5, 5.41) is 13.9. The monoisotopic (exact) mass is 444 g/mol. The zero-order chi connectivity index (χ0) is 21.5. The summed E-state index contributed by atoms with van der Waals surface area (Å²) in [6.07, 6.45) is 0. The second-order valence-electron chi connectivity index (χ2n) is 6.10. The molecule has 1 heterocycles. The van der Waals surface area contributed by atoms with Gasteiger partial charge >= 0.3 is 0 Å². The first-order valence-corrected chi connectivity index (χ1v) is 10.6. The van der Waals surface area contributed by atoms with Crippen molar-refractivity contribution < 1.29 is 19.1 Å². The molecular weight excluding hydrogens is 424 g/mol. The lowest BCUT2D eigenvalue weighted by atomic mass is 10.1. The van der Waals surface area contributed by atoms with E-state index in [1.807, 2.05) is 19.1 Å². The number of ether oxygens (including phenoxy) is 2. The molecule has 0 radical (unpaired) electrons. The van der Waals surface area contributed by atoms with Crippen molar-refractivity contribution in [1.29, 1.82) is 0 Å². The highest BCUT2D eigenvalue weighted by atomic mass is 32.2. The van der Waals surface area contributed by atoms with Crippen LogP contribution >= 0.6 is 23.1 Å². The van der Waals surface area contributed by atoms with E-state index in [1.54, 1.807) is 37.4 Å². The number of thioether (sulfide) groups is 1. The van der Waals surface area contributed by atoms with Gasteiger partial charge in [-0.05, 0) is 31.2 Å². The van der Waals surface area contributed by atoms with Gasteiger partial charge in [0.25, 0.3) is 5.91 Å². The first-order valence-electron chi connectivity index (χ1n) is 8.84. The smallest absolute Gasteiger partial charge is 0.257 e. The molecule has 2 aromatic carbocycles. The van der Waals surface area contributed by atoms with Crippen LogP contribution in [0.1, 0.15) is 15.9 Å². The standard InChI is InChI=1S/C20H20N4O4S2/c1-12-5-4-6-13(9-12)18(26)22-19-23-24-20(30-19)29-11-17(25)21-15-10-14(27-2)7-8-16(15)28-3/h4-10H,11H2,1-3H3,(H,21,25)(H,22,23,26). The highest BCUT2D eigenvalue weighted by molar-refractivity contribution is 8.01. The summed E-state index contributed by atoms with van der Waals surface area (Å²) in [5.41, 5.74) is 2.06. The molecule has 8 nitrogen and oxygen atoms in total. The quantitative estimate of drug-likeness (QED) is 0.402. The molecule has 0 atom stereocenters. The predicted molar refractivity (Wildman–Crippen MR) is 118 cm³/mol. The van der Waals surface area contributed by atoms with Gasteiger partial charge in [-0.15, -0.1) is 10.2 Å². The SMILES string of the molecule is COc1ccc(OC)c(NC(=O)CSc2nnc(NC(=O)c3cccc(C)c3)s2)c1. The normalized spacial score (nSPS) is 10.4. The number of aryl methyl sites for hydroxylation is 1. The average Bonchev–Trinajstić information content (AvgIpc) is 3.19. The molecule has 0 spiro atoms. The Morgan fingerprint density at radius 3 is 2.63 bits per heavy atom. The summed E-state index contributed by atoms with van der Waals surface area (Å²) in [6.45, 7) is 1.92. The fourth-order valence-corrected chi connectivity index (χ4v) is 4.05. The molecule has 0 aliphatic carbocycles. The maximum atomic E-state index is 12.3. The molecule has 156 valence electrons. The number of hydrogen-bond acceptors (Lipinski definition) is 8. The van der Waals surface area contributed by atoms with E-state index in [4.69, 9.17) is 9.47 Å². The van der Waals surface area contributed by atoms with Crippen molar-refractivity contribution in [2.24, 2.45) is 0 Å². The van der Waals surface area contributed by atoms with E-state index < -0.39 is 0 Å². The molecule has 10 heteroatoms. The van der Waals surface area contributed by atoms with Crippen LogP contribution < -0.4 is 20.1 Å². The third-order valence-electron chi connectivity index (χ3n) is 3.91. The molecule has 0 aliphatic heterocycles. The number of rotatable bonds is 8. The summed E-state index contributed by atoms with van der Waals surface area (Å²) in [7, 11) is 3.08. The van der Waals surface area contributed by atoms with E-state index in [0.29, 0.717) is 32.2 Å². The number of nitrogens with zero attached hydrogens (tertiary/aromatic N) is 2. The van der Waals surface area contributed by atoms with Crippen molar-refractivity contribution >= 4 is 45.7 Å². The lowest BCUT2D eigenvalue weighted by Gasteiger charge is -2.11. The van der Waals surface area contributed by atoms with Gasteiger partial charge in [0.1, 0.15) is 11.5 Å². The van der Waals surface area contributed by atoms with Crippen LogP contribution in [-0.2, 0) is 4.79 Å². The Bertz CT molecular complexity index is 1050. The fraction of sp³-hybridized carbons (Fsp3) is 0.200. The van der Waals surface area contributed by atoms with E-state index in [1.165, 1.54) is 30.2 Å². The van der Waals surface area contributed by atoms with E-state index in [9.17, 15) is 9.59 Å². The van der Waals surface area contributed by atoms with Crippen LogP contribution in [0.3, 0.4) is 0 Å². The molecular formula is C20H20N4O4S2. The molecule has 0 fully saturated rings. The Kier molecular flexibility index (Phi) is 7.26. The van der Waals surface area contributed by atoms with Crippen LogP contribution in [0.15, 0.2) is 46.8 Å². The van der Waals surface area contributed by atoms with Gasteiger partial charge in [0.15, 0.2) is 4.34 Å². The maximum Gasteiger partial charge on any atom is 0.257 e. The van der Waals surface area contributed by atoms with Gasteiger partial charge in [0.05, 0.1) is 25.7 Å². The number of anilines is 2. The summed E-state index contributed by atoms with van der Waals surface area (Å²) < 4.78 is 11.0. The van der Waals surface area contributed by atoms with Gasteiger partial charge in [-0.3, -0.25) is 14.9 Å². The zero-order valence-electron chi connectivity index (χ0n) is 16.6. The summed E-state index contributed by atoms with van der Waals surface area (Å²) >= 11 is 2.43. The van der Waals surface area contributed by atoms with E-state index in [-0.39, 0.29) is 17.6 Å². The molecule has 0 saturated heterocycles. The number of methoxy groups -OCH3 is 2. The third-order valence-corrected chi connectivity index (χ3v) is 5.89. The van der Waals surface area contributed by atoms with Gasteiger partial charge < -0.3 is 14.8 Å². The maximum absolute atomic E-state index is 12.3. The van der Waals surface area contributed by atoms with Crippen LogP contribution in [0.5, 0.6) is 11.5 Å². The molecule has 0 saturated carbocycles. The third kappa shape index (κ3) is 5.71. The first kappa shape index (κ1) is 21.6. The van der Waals surface area contributed by atoms with Crippen molar-refractivity contribution in [2.45, 2.75) is 11.3 Å². The highest BCUT2D eigenvalue weighted by Crippen LogP contribution is 2.30. The Labute approximate surface area is 182 Å². The molecule has 3 aromatic rings. The molecule has 0 unspecified atom stereocenters. The van der Waals surface area contributed by atoms with Gasteiger partial charge in [-0.2, -0.15) is 0 Å². The molecule has 1 aromatic heterocycles. The van der Waals surface area contributed by atoms with Crippen LogP contribution in [0.25, 0.3) is 0 Å². The van der Waals surface area contributed by atoms with Crippen molar-refractivity contribution in [3.05, 3.63) is 53.6 Å². The van der Waals surface area contributed by atoms with Gasteiger partial charge in [0, 0.05) is 11.6 Å². The summed E-state index contributed by atoms with van der Waals surface area (Å²) in [4.78, 5) is 24.6. The Morgan fingerprint density at radius 2 is 1.90 bits per heavy atom. The molecule has 0 aliphatic rings. The van der Waals surface area contributed by atoms with Crippen molar-refractivity contribution in [3.63, 3.8) is 0 Å². The van der Waals surface area contributed by atoms with E-state index >= 15 is 0 Å². The van der Waals surface area contributed by atoms with Crippen LogP contribution in [-0.4, -0.2) is 42.0 Å². The van der Waals surface area contributed by atoms with Crippen LogP contribution in [0.2, 0.25) is 0 Å². The first-order chi connectivity index (χ1) is 14.5. The lowest BCUT2D eigenvalue weighted by Crippen LogP contribution is -2.14. The number of nitrogens with one attached hydrogen (secondary N) is 2. The van der Waals surface area contributed by atoms with E-state index in [0.717, 1.165) is 5.56 Å². The van der Waals surface area contributed by atoms with Gasteiger partial charge in [-0.1, -0.05) is 40.8 Å². The fourth-order valence-electron chi connectivity index (χ4n) is 2.50. The lowest BCUT2D eigenvalue weighted by molar-refractivity contribution is -0.113. The van der Waals surface area contributed by atoms with Crippen LogP contribution in [0.4, 0.5) is 10.8 Å². The van der Waals surface area contributed by atoms with Crippen LogP contribution in [0, 0.1) is 6.92 Å². The molecule has 2 N–H and O–H groups in total. The number of aromatic nitrogens is 2. The molecule has 30 heavy (non-hydrogen) atoms. The second-order valence-corrected chi connectivity index (χ2v) is 8.30. The Hall–Kier alpha value is -3.11. The average molecular weight is 445 g/mol. The minimum absolute atomic E-state index is 0.126. The minimum atomic E-state index is -0.255. The largest absolute Gasteiger partial charge is 0.497 e. The number of carbonyl (C=O) groups is 2. The van der Waals surface area contributed by atoms with E-state index in [2.05, 4.69) is 20.8 Å². The predicted octanol–water partition coefficient (Wildman–Crippen LogP) is 3.85. The summed E-state index contributed by atoms with van der Waals surface area (Å²) in [5.74, 6) is 0.783. The second kappa shape index (κ2) is 10.1. The Balaban J connectivity index is 1.55. The molecule has 2 amide bonds. The number of benzene rings is 2. The number of amides is 2. The number of hydrogen-bond donors (Lipinski definition) is 2. The topological polar surface area (TPSA) is 102 Å². The molecule has 0 bridgehead atoms. The van der Waals surface area contributed by atoms with Crippen molar-refractivity contribution in [3.8, 4) is 11.5 Å². The van der Waals surface area contributed by atoms with Gasteiger partial charge in [-0.25, -0.2) is 0 Å². The van der Waals surface area contributed by atoms with Gasteiger partial charge in [0.2, 0.25) is 11.0 Å². The number of carbonyl (C=O) groups excluding carboxylic acids is 2. The highest BCUT2D eigenvalue weighted by Gasteiger charge is 2.13. The van der Waals surface area contributed by atoms with Crippen molar-refractivity contribution in [2.75, 3.05) is 30.6 Å². The summed E-state index contributed by atoms with van der Waals surface area (Å²) in [6, 6.07) is 12.4. The van der Waals surface area contributed by atoms with Crippen molar-refractivity contribution in [1.82, 2.24) is 10.2 Å². The minimum Gasteiger partial charge on any atom is -0.497 e. The molecule has 3 rings (SSSR count). The Morgan fingerprint density at radius 1 is 1.07 bits per heavy atom.